The highest BCUT2D eigenvalue weighted by Gasteiger charge is 2.06. The highest BCUT2D eigenvalue weighted by Crippen LogP contribution is 2.23. The predicted octanol–water partition coefficient (Wildman–Crippen LogP) is 4.55. The quantitative estimate of drug-likeness (QED) is 0.741. The molecule has 0 aliphatic carbocycles. The van der Waals surface area contributed by atoms with Gasteiger partial charge in [-0.15, -0.1) is 0 Å². The molecule has 0 radical (unpaired) electrons. The van der Waals surface area contributed by atoms with Gasteiger partial charge in [0.05, 0.1) is 5.02 Å². The molecule has 2 nitrogen and oxygen atoms in total. The van der Waals surface area contributed by atoms with E-state index in [2.05, 4.69) is 25.1 Å². The lowest BCUT2D eigenvalue weighted by Gasteiger charge is -2.13. The monoisotopic (exact) mass is 321 g/mol. The van der Waals surface area contributed by atoms with Crippen molar-refractivity contribution in [1.29, 1.82) is 0 Å². The zero-order valence-corrected chi connectivity index (χ0v) is 13.7. The first-order valence-electron chi connectivity index (χ1n) is 7.35. The van der Waals surface area contributed by atoms with Crippen LogP contribution in [0.5, 0.6) is 5.75 Å². The van der Waals surface area contributed by atoms with Gasteiger partial charge in [-0.05, 0) is 57.2 Å². The number of nitrogens with zero attached hydrogens (tertiary/aromatic N) is 1. The molecule has 2 aromatic carbocycles. The van der Waals surface area contributed by atoms with Gasteiger partial charge in [-0.25, -0.2) is 4.39 Å². The van der Waals surface area contributed by atoms with Crippen LogP contribution >= 0.6 is 11.6 Å². The van der Waals surface area contributed by atoms with Crippen molar-refractivity contribution >= 4 is 11.6 Å². The van der Waals surface area contributed by atoms with Gasteiger partial charge in [0.1, 0.15) is 18.2 Å². The Kier molecular flexibility index (Phi) is 6.22. The molecule has 0 spiro atoms. The van der Waals surface area contributed by atoms with Crippen LogP contribution in [-0.2, 0) is 13.0 Å². The molecule has 0 fully saturated rings. The molecule has 0 atom stereocenters. The van der Waals surface area contributed by atoms with Crippen molar-refractivity contribution in [2.75, 3.05) is 20.6 Å². The van der Waals surface area contributed by atoms with Crippen LogP contribution in [0.1, 0.15) is 17.5 Å². The van der Waals surface area contributed by atoms with Gasteiger partial charge in [0, 0.05) is 5.56 Å². The van der Waals surface area contributed by atoms with Crippen molar-refractivity contribution < 1.29 is 9.13 Å². The second-order valence-corrected chi connectivity index (χ2v) is 5.95. The Morgan fingerprint density at radius 3 is 2.59 bits per heavy atom. The van der Waals surface area contributed by atoms with E-state index in [0.717, 1.165) is 30.7 Å². The molecular weight excluding hydrogens is 301 g/mol. The van der Waals surface area contributed by atoms with Crippen molar-refractivity contribution in [3.8, 4) is 5.75 Å². The third-order valence-corrected chi connectivity index (χ3v) is 3.77. The van der Waals surface area contributed by atoms with Gasteiger partial charge in [0.15, 0.2) is 0 Å². The normalized spacial score (nSPS) is 11.0. The standard InChI is InChI=1S/C18H21ClFNO/c1-21(2)11-5-7-14-6-3-4-8-18(14)22-13-15-9-10-16(20)12-17(15)19/h3-4,6,8-10,12H,5,7,11,13H2,1-2H3. The Labute approximate surface area is 136 Å². The number of benzene rings is 2. The number of aryl methyl sites for hydroxylation is 1. The largest absolute Gasteiger partial charge is 0.489 e. The summed E-state index contributed by atoms with van der Waals surface area (Å²) in [6, 6.07) is 12.4. The maximum Gasteiger partial charge on any atom is 0.124 e. The molecule has 0 aliphatic heterocycles. The molecule has 4 heteroatoms. The second kappa shape index (κ2) is 8.16. The summed E-state index contributed by atoms with van der Waals surface area (Å²) in [4.78, 5) is 2.17. The first-order valence-corrected chi connectivity index (χ1v) is 7.73. The zero-order chi connectivity index (χ0) is 15.9. The molecule has 0 bridgehead atoms. The Bertz CT molecular complexity index is 616. The number of halogens is 2. The van der Waals surface area contributed by atoms with Gasteiger partial charge in [-0.1, -0.05) is 35.9 Å². The van der Waals surface area contributed by atoms with E-state index in [0.29, 0.717) is 11.6 Å². The average Bonchev–Trinajstić information content (AvgIpc) is 2.47. The Morgan fingerprint density at radius 2 is 1.86 bits per heavy atom. The van der Waals surface area contributed by atoms with E-state index in [-0.39, 0.29) is 5.82 Å². The average molecular weight is 322 g/mol. The van der Waals surface area contributed by atoms with Crippen LogP contribution in [0.3, 0.4) is 0 Å². The summed E-state index contributed by atoms with van der Waals surface area (Å²) >= 11 is 6.03. The van der Waals surface area contributed by atoms with Gasteiger partial charge in [-0.3, -0.25) is 0 Å². The van der Waals surface area contributed by atoms with Crippen molar-refractivity contribution in [1.82, 2.24) is 4.90 Å². The maximum absolute atomic E-state index is 13.1. The molecule has 22 heavy (non-hydrogen) atoms. The van der Waals surface area contributed by atoms with Gasteiger partial charge in [0.2, 0.25) is 0 Å². The van der Waals surface area contributed by atoms with E-state index >= 15 is 0 Å². The van der Waals surface area contributed by atoms with Gasteiger partial charge in [-0.2, -0.15) is 0 Å². The van der Waals surface area contributed by atoms with Crippen LogP contribution in [0.25, 0.3) is 0 Å². The van der Waals surface area contributed by atoms with Crippen molar-refractivity contribution in [3.63, 3.8) is 0 Å². The molecule has 0 amide bonds. The smallest absolute Gasteiger partial charge is 0.124 e. The predicted molar refractivity (Wildman–Crippen MR) is 89.1 cm³/mol. The molecule has 2 aromatic rings. The summed E-state index contributed by atoms with van der Waals surface area (Å²) in [5, 5.41) is 0.394. The molecule has 0 saturated heterocycles. The fourth-order valence-corrected chi connectivity index (χ4v) is 2.45. The Balaban J connectivity index is 2.00. The van der Waals surface area contributed by atoms with Gasteiger partial charge >= 0.3 is 0 Å². The lowest BCUT2D eigenvalue weighted by Crippen LogP contribution is -2.13. The molecule has 0 saturated carbocycles. The summed E-state index contributed by atoms with van der Waals surface area (Å²) in [6.07, 6.45) is 2.04. The maximum atomic E-state index is 13.1. The molecule has 0 N–H and O–H groups in total. The van der Waals surface area contributed by atoms with Crippen LogP contribution in [0.15, 0.2) is 42.5 Å². The number of hydrogen-bond donors (Lipinski definition) is 0. The first-order chi connectivity index (χ1) is 10.6. The third-order valence-electron chi connectivity index (χ3n) is 3.42. The van der Waals surface area contributed by atoms with Gasteiger partial charge in [0.25, 0.3) is 0 Å². The summed E-state index contributed by atoms with van der Waals surface area (Å²) in [5.74, 6) is 0.527. The molecule has 0 aromatic heterocycles. The molecule has 2 rings (SSSR count). The van der Waals surface area contributed by atoms with E-state index in [1.54, 1.807) is 6.07 Å². The molecule has 0 unspecified atom stereocenters. The lowest BCUT2D eigenvalue weighted by molar-refractivity contribution is 0.302. The number of ether oxygens (including phenoxy) is 1. The fourth-order valence-electron chi connectivity index (χ4n) is 2.23. The summed E-state index contributed by atoms with van der Waals surface area (Å²) < 4.78 is 18.9. The van der Waals surface area contributed by atoms with Gasteiger partial charge < -0.3 is 9.64 Å². The summed E-state index contributed by atoms with van der Waals surface area (Å²) in [5.41, 5.74) is 1.97. The van der Waals surface area contributed by atoms with Crippen molar-refractivity contribution in [2.45, 2.75) is 19.4 Å². The topological polar surface area (TPSA) is 12.5 Å². The van der Waals surface area contributed by atoms with E-state index < -0.39 is 0 Å². The molecule has 118 valence electrons. The minimum absolute atomic E-state index is 0.335. The van der Waals surface area contributed by atoms with E-state index in [4.69, 9.17) is 16.3 Å². The zero-order valence-electron chi connectivity index (χ0n) is 13.0. The molecule has 0 aliphatic rings. The number of rotatable bonds is 7. The third kappa shape index (κ3) is 5.00. The minimum atomic E-state index is -0.335. The van der Waals surface area contributed by atoms with Crippen LogP contribution < -0.4 is 4.74 Å². The highest BCUT2D eigenvalue weighted by molar-refractivity contribution is 6.31. The van der Waals surface area contributed by atoms with Crippen LogP contribution in [0, 0.1) is 5.82 Å². The summed E-state index contributed by atoms with van der Waals surface area (Å²) in [6.45, 7) is 1.38. The SMILES string of the molecule is CN(C)CCCc1ccccc1OCc1ccc(F)cc1Cl. The van der Waals surface area contributed by atoms with Crippen LogP contribution in [0.2, 0.25) is 5.02 Å². The molecular formula is C18H21ClFNO. The highest BCUT2D eigenvalue weighted by atomic mass is 35.5. The van der Waals surface area contributed by atoms with Crippen molar-refractivity contribution in [2.24, 2.45) is 0 Å². The summed E-state index contributed by atoms with van der Waals surface area (Å²) in [7, 11) is 4.14. The Morgan fingerprint density at radius 1 is 1.09 bits per heavy atom. The number of para-hydroxylation sites is 1. The first kappa shape index (κ1) is 16.8. The fraction of sp³-hybridized carbons (Fsp3) is 0.333. The van der Waals surface area contributed by atoms with Crippen molar-refractivity contribution in [3.05, 3.63) is 64.4 Å². The minimum Gasteiger partial charge on any atom is -0.489 e. The van der Waals surface area contributed by atoms with E-state index in [1.807, 2.05) is 18.2 Å². The van der Waals surface area contributed by atoms with E-state index in [1.165, 1.54) is 17.7 Å². The number of hydrogen-bond acceptors (Lipinski definition) is 2. The lowest BCUT2D eigenvalue weighted by atomic mass is 10.1. The Hall–Kier alpha value is -1.58. The second-order valence-electron chi connectivity index (χ2n) is 5.54. The van der Waals surface area contributed by atoms with E-state index in [9.17, 15) is 4.39 Å². The molecule has 0 heterocycles. The van der Waals surface area contributed by atoms with Crippen LogP contribution in [0.4, 0.5) is 4.39 Å². The van der Waals surface area contributed by atoms with Crippen LogP contribution in [-0.4, -0.2) is 25.5 Å².